The van der Waals surface area contributed by atoms with E-state index >= 15 is 0 Å². The molecule has 0 aliphatic heterocycles. The van der Waals surface area contributed by atoms with Gasteiger partial charge < -0.3 is 15.6 Å². The molecule has 3 aromatic rings. The molecule has 0 fully saturated rings. The summed E-state index contributed by atoms with van der Waals surface area (Å²) in [5.41, 5.74) is 5.88. The van der Waals surface area contributed by atoms with E-state index in [0.717, 1.165) is 49.9 Å². The molecule has 1 heterocycles. The molecule has 0 saturated heterocycles. The summed E-state index contributed by atoms with van der Waals surface area (Å²) >= 11 is 9.71. The van der Waals surface area contributed by atoms with Gasteiger partial charge in [0.05, 0.1) is 5.57 Å². The first-order chi connectivity index (χ1) is 14.2. The molecule has 2 aromatic carbocycles. The Hall–Kier alpha value is -2.08. The Kier molecular flexibility index (Phi) is 5.80. The molecule has 1 aliphatic rings. The fraction of sp³-hybridized carbons (Fsp3) is 0.292. The third-order valence-electron chi connectivity index (χ3n) is 5.21. The normalized spacial score (nSPS) is 13.8. The van der Waals surface area contributed by atoms with Crippen molar-refractivity contribution in [1.29, 1.82) is 0 Å². The van der Waals surface area contributed by atoms with Crippen molar-refractivity contribution in [3.05, 3.63) is 68.8 Å². The van der Waals surface area contributed by atoms with Crippen molar-refractivity contribution in [2.45, 2.75) is 32.7 Å². The van der Waals surface area contributed by atoms with Crippen molar-refractivity contribution >= 4 is 55.5 Å². The molecule has 4 rings (SSSR count). The number of carbonyl (C=O) groups excluding carboxylic acids is 1. The van der Waals surface area contributed by atoms with Crippen LogP contribution < -0.4 is 10.6 Å². The van der Waals surface area contributed by atoms with Gasteiger partial charge in [0.1, 0.15) is 0 Å². The molecule has 0 bridgehead atoms. The van der Waals surface area contributed by atoms with Gasteiger partial charge in [0.25, 0.3) is 5.91 Å². The van der Waals surface area contributed by atoms with Crippen LogP contribution >= 0.6 is 27.5 Å². The maximum absolute atomic E-state index is 13.2. The number of amides is 1. The lowest BCUT2D eigenvalue weighted by molar-refractivity contribution is -0.115. The molecule has 1 amide bonds. The number of halogens is 2. The Morgan fingerprint density at radius 3 is 2.70 bits per heavy atom. The van der Waals surface area contributed by atoms with E-state index in [1.807, 2.05) is 30.3 Å². The maximum atomic E-state index is 13.2. The smallest absolute Gasteiger partial charge is 0.252 e. The monoisotopic (exact) mass is 485 g/mol. The molecule has 4 nitrogen and oxygen atoms in total. The molecule has 0 saturated carbocycles. The van der Waals surface area contributed by atoms with Crippen molar-refractivity contribution in [3.63, 3.8) is 0 Å². The Morgan fingerprint density at radius 1 is 1.13 bits per heavy atom. The molecular weight excluding hydrogens is 462 g/mol. The second-order valence-electron chi connectivity index (χ2n) is 8.68. The Bertz CT molecular complexity index is 1160. The zero-order valence-corrected chi connectivity index (χ0v) is 19.7. The van der Waals surface area contributed by atoms with Crippen LogP contribution in [0, 0.1) is 0 Å². The highest BCUT2D eigenvalue weighted by molar-refractivity contribution is 9.10. The van der Waals surface area contributed by atoms with Crippen LogP contribution in [-0.2, 0) is 11.2 Å². The third-order valence-corrected chi connectivity index (χ3v) is 5.93. The lowest BCUT2D eigenvalue weighted by Crippen LogP contribution is -2.41. The molecule has 1 aromatic heterocycles. The minimum Gasteiger partial charge on any atom is -0.355 e. The number of aromatic nitrogens is 1. The number of carbonyl (C=O) groups is 1. The predicted molar refractivity (Wildman–Crippen MR) is 129 cm³/mol. The fourth-order valence-corrected chi connectivity index (χ4v) is 4.44. The topological polar surface area (TPSA) is 56.9 Å². The van der Waals surface area contributed by atoms with E-state index in [-0.39, 0.29) is 11.4 Å². The molecule has 0 unspecified atom stereocenters. The van der Waals surface area contributed by atoms with Crippen LogP contribution in [-0.4, -0.2) is 29.5 Å². The number of allylic oxidation sites excluding steroid dienone is 1. The maximum Gasteiger partial charge on any atom is 0.252 e. The first kappa shape index (κ1) is 21.2. The summed E-state index contributed by atoms with van der Waals surface area (Å²) in [5, 5.41) is 8.23. The van der Waals surface area contributed by atoms with E-state index in [4.69, 9.17) is 11.6 Å². The number of rotatable bonds is 5. The Morgan fingerprint density at radius 2 is 1.93 bits per heavy atom. The van der Waals surface area contributed by atoms with Gasteiger partial charge in [-0.1, -0.05) is 33.6 Å². The second-order valence-corrected chi connectivity index (χ2v) is 10.0. The standard InChI is InChI=1S/C24H25BrClN3O/c1-24(2,3)28-9-8-27-23(30)22-18-6-4-16(25)10-14(18)12-19(22)21-13-15-11-17(26)5-7-20(15)29-21/h4-7,10-11,13,28-29H,8-9,12H2,1-3H3,(H,27,30). The van der Waals surface area contributed by atoms with Crippen LogP contribution in [0.3, 0.4) is 0 Å². The van der Waals surface area contributed by atoms with E-state index in [0.29, 0.717) is 18.0 Å². The molecule has 0 spiro atoms. The summed E-state index contributed by atoms with van der Waals surface area (Å²) in [6.45, 7) is 7.63. The Labute approximate surface area is 190 Å². The number of nitrogens with one attached hydrogen (secondary N) is 3. The van der Waals surface area contributed by atoms with Gasteiger partial charge in [0.2, 0.25) is 0 Å². The van der Waals surface area contributed by atoms with Gasteiger partial charge >= 0.3 is 0 Å². The van der Waals surface area contributed by atoms with Gasteiger partial charge in [0.15, 0.2) is 0 Å². The van der Waals surface area contributed by atoms with Gasteiger partial charge in [-0.25, -0.2) is 0 Å². The lowest BCUT2D eigenvalue weighted by Gasteiger charge is -2.20. The van der Waals surface area contributed by atoms with Gasteiger partial charge in [-0.3, -0.25) is 4.79 Å². The number of hydrogen-bond donors (Lipinski definition) is 3. The summed E-state index contributed by atoms with van der Waals surface area (Å²) in [6, 6.07) is 14.0. The summed E-state index contributed by atoms with van der Waals surface area (Å²) in [7, 11) is 0. The van der Waals surface area contributed by atoms with E-state index in [1.165, 1.54) is 0 Å². The summed E-state index contributed by atoms with van der Waals surface area (Å²) < 4.78 is 1.01. The Balaban J connectivity index is 1.67. The van der Waals surface area contributed by atoms with Crippen LogP contribution in [0.2, 0.25) is 5.02 Å². The summed E-state index contributed by atoms with van der Waals surface area (Å²) in [6.07, 6.45) is 0.707. The zero-order valence-electron chi connectivity index (χ0n) is 17.3. The van der Waals surface area contributed by atoms with E-state index in [1.54, 1.807) is 0 Å². The van der Waals surface area contributed by atoms with Crippen LogP contribution in [0.1, 0.15) is 37.6 Å². The molecule has 0 radical (unpaired) electrons. The predicted octanol–water partition coefficient (Wildman–Crippen LogP) is 5.56. The minimum absolute atomic E-state index is 0.0209. The lowest BCUT2D eigenvalue weighted by atomic mass is 10.0. The van der Waals surface area contributed by atoms with Gasteiger partial charge in [0, 0.05) is 51.1 Å². The van der Waals surface area contributed by atoms with Gasteiger partial charge in [-0.05, 0) is 73.9 Å². The largest absolute Gasteiger partial charge is 0.355 e. The summed E-state index contributed by atoms with van der Waals surface area (Å²) in [4.78, 5) is 16.7. The van der Waals surface area contributed by atoms with E-state index < -0.39 is 0 Å². The third kappa shape index (κ3) is 4.48. The molecule has 6 heteroatoms. The van der Waals surface area contributed by atoms with Crippen molar-refractivity contribution in [2.24, 2.45) is 0 Å². The molecule has 1 aliphatic carbocycles. The van der Waals surface area contributed by atoms with Crippen LogP contribution in [0.5, 0.6) is 0 Å². The molecule has 30 heavy (non-hydrogen) atoms. The number of benzene rings is 2. The SMILES string of the molecule is CC(C)(C)NCCNC(=O)C1=C(c2cc3cc(Cl)ccc3[nH]2)Cc2cc(Br)ccc21. The highest BCUT2D eigenvalue weighted by Gasteiger charge is 2.28. The molecular formula is C24H25BrClN3O. The minimum atomic E-state index is -0.0431. The zero-order chi connectivity index (χ0) is 21.5. The highest BCUT2D eigenvalue weighted by Crippen LogP contribution is 2.40. The average molecular weight is 487 g/mol. The van der Waals surface area contributed by atoms with E-state index in [9.17, 15) is 4.79 Å². The first-order valence-corrected chi connectivity index (χ1v) is 11.2. The van der Waals surface area contributed by atoms with Crippen molar-refractivity contribution in [2.75, 3.05) is 13.1 Å². The number of H-pyrrole nitrogens is 1. The van der Waals surface area contributed by atoms with Gasteiger partial charge in [-0.15, -0.1) is 0 Å². The van der Waals surface area contributed by atoms with Gasteiger partial charge in [-0.2, -0.15) is 0 Å². The van der Waals surface area contributed by atoms with Crippen molar-refractivity contribution < 1.29 is 4.79 Å². The summed E-state index contributed by atoms with van der Waals surface area (Å²) in [5.74, 6) is -0.0431. The van der Waals surface area contributed by atoms with Crippen LogP contribution in [0.4, 0.5) is 0 Å². The molecule has 3 N–H and O–H groups in total. The van der Waals surface area contributed by atoms with Crippen molar-refractivity contribution in [3.8, 4) is 0 Å². The van der Waals surface area contributed by atoms with Crippen molar-refractivity contribution in [1.82, 2.24) is 15.6 Å². The quantitative estimate of drug-likeness (QED) is 0.414. The van der Waals surface area contributed by atoms with Crippen LogP contribution in [0.15, 0.2) is 46.9 Å². The number of aromatic amines is 1. The molecule has 0 atom stereocenters. The highest BCUT2D eigenvalue weighted by atomic mass is 79.9. The van der Waals surface area contributed by atoms with Crippen LogP contribution in [0.25, 0.3) is 22.0 Å². The fourth-order valence-electron chi connectivity index (χ4n) is 3.85. The van der Waals surface area contributed by atoms with E-state index in [2.05, 4.69) is 64.5 Å². The average Bonchev–Trinajstić information content (AvgIpc) is 3.24. The number of fused-ring (bicyclic) bond motifs is 2. The first-order valence-electron chi connectivity index (χ1n) is 10.0. The molecule has 156 valence electrons. The number of hydrogen-bond acceptors (Lipinski definition) is 2. The second kappa shape index (κ2) is 8.22.